The Hall–Kier alpha value is -2.53. The van der Waals surface area contributed by atoms with E-state index in [1.807, 2.05) is 53.2 Å². The number of nitrogens with zero attached hydrogens (tertiary/aromatic N) is 4. The van der Waals surface area contributed by atoms with Crippen molar-refractivity contribution in [3.63, 3.8) is 0 Å². The number of hydrogen-bond acceptors (Lipinski definition) is 8. The maximum atomic E-state index is 12.6. The van der Waals surface area contributed by atoms with E-state index in [9.17, 15) is 4.79 Å². The number of thiazole rings is 1. The lowest BCUT2D eigenvalue weighted by Crippen LogP contribution is -2.18. The Kier molecular flexibility index (Phi) is 6.63. The molecule has 0 bridgehead atoms. The summed E-state index contributed by atoms with van der Waals surface area (Å²) in [5.41, 5.74) is 1.89. The number of aromatic nitrogens is 4. The normalized spacial score (nSPS) is 15.8. The van der Waals surface area contributed by atoms with Crippen molar-refractivity contribution < 1.29 is 9.53 Å². The summed E-state index contributed by atoms with van der Waals surface area (Å²) in [6, 6.07) is 14.0. The molecule has 7 nitrogen and oxygen atoms in total. The maximum Gasteiger partial charge on any atom is 0.236 e. The Bertz CT molecular complexity index is 1170. The van der Waals surface area contributed by atoms with E-state index in [-0.39, 0.29) is 17.8 Å². The zero-order chi connectivity index (χ0) is 21.8. The molecule has 10 heteroatoms. The van der Waals surface area contributed by atoms with E-state index in [1.54, 1.807) is 11.3 Å². The number of carbonyl (C=O) groups excluding carboxylic acids is 1. The number of amides is 1. The van der Waals surface area contributed by atoms with Gasteiger partial charge in [0.25, 0.3) is 0 Å². The van der Waals surface area contributed by atoms with Crippen LogP contribution in [0.15, 0.2) is 58.4 Å². The molecule has 0 aliphatic carbocycles. The highest BCUT2D eigenvalue weighted by Gasteiger charge is 2.22. The number of thiophene rings is 1. The van der Waals surface area contributed by atoms with Crippen molar-refractivity contribution in [1.29, 1.82) is 0 Å². The fourth-order valence-corrected chi connectivity index (χ4v) is 5.70. The van der Waals surface area contributed by atoms with E-state index >= 15 is 0 Å². The van der Waals surface area contributed by atoms with Gasteiger partial charge in [0.2, 0.25) is 5.91 Å². The third kappa shape index (κ3) is 4.93. The topological polar surface area (TPSA) is 81.9 Å². The maximum absolute atomic E-state index is 12.6. The summed E-state index contributed by atoms with van der Waals surface area (Å²) in [4.78, 5) is 18.2. The van der Waals surface area contributed by atoms with Crippen LogP contribution in [0.4, 0.5) is 5.13 Å². The second-order valence-electron chi connectivity index (χ2n) is 7.27. The first kappa shape index (κ1) is 21.3. The molecular weight excluding hydrogens is 462 g/mol. The predicted molar refractivity (Wildman–Crippen MR) is 129 cm³/mol. The molecular formula is C22H21N5O2S3. The van der Waals surface area contributed by atoms with Crippen LogP contribution in [0.1, 0.15) is 12.8 Å². The minimum absolute atomic E-state index is 0.117. The predicted octanol–water partition coefficient (Wildman–Crippen LogP) is 5.04. The molecule has 4 aromatic rings. The van der Waals surface area contributed by atoms with Crippen LogP contribution in [0.5, 0.6) is 0 Å². The Morgan fingerprint density at radius 1 is 1.19 bits per heavy atom. The molecule has 1 atom stereocenters. The van der Waals surface area contributed by atoms with Crippen molar-refractivity contribution in [2.45, 2.75) is 30.6 Å². The standard InChI is InChI=1S/C22H21N5O2S3/c28-19(24-21-23-17(13-31-21)15-6-2-1-3-7-15)14-32-22-26-25-20(18-9-5-11-30-18)27(22)12-16-8-4-10-29-16/h1-3,5-7,9,11,13,16H,4,8,10,12,14H2,(H,23,24,28). The quantitative estimate of drug-likeness (QED) is 0.354. The van der Waals surface area contributed by atoms with Gasteiger partial charge in [-0.25, -0.2) is 4.98 Å². The number of carbonyl (C=O) groups is 1. The van der Waals surface area contributed by atoms with E-state index in [1.165, 1.54) is 23.1 Å². The van der Waals surface area contributed by atoms with Crippen LogP contribution in [-0.4, -0.2) is 44.1 Å². The summed E-state index contributed by atoms with van der Waals surface area (Å²) in [5.74, 6) is 0.938. The average molecular weight is 484 g/mol. The van der Waals surface area contributed by atoms with E-state index in [2.05, 4.69) is 25.1 Å². The number of anilines is 1. The van der Waals surface area contributed by atoms with Gasteiger partial charge in [-0.05, 0) is 24.3 Å². The summed E-state index contributed by atoms with van der Waals surface area (Å²) in [7, 11) is 0. The minimum Gasteiger partial charge on any atom is -0.376 e. The smallest absolute Gasteiger partial charge is 0.236 e. The third-order valence-electron chi connectivity index (χ3n) is 5.02. The van der Waals surface area contributed by atoms with E-state index in [4.69, 9.17) is 4.74 Å². The Balaban J connectivity index is 1.25. The molecule has 0 radical (unpaired) electrons. The molecule has 0 saturated carbocycles. The van der Waals surface area contributed by atoms with Crippen LogP contribution in [0.3, 0.4) is 0 Å². The van der Waals surface area contributed by atoms with Crippen LogP contribution in [0.2, 0.25) is 0 Å². The molecule has 1 aliphatic heterocycles. The van der Waals surface area contributed by atoms with Crippen molar-refractivity contribution in [2.75, 3.05) is 17.7 Å². The first-order valence-electron chi connectivity index (χ1n) is 10.3. The molecule has 4 heterocycles. The monoisotopic (exact) mass is 483 g/mol. The second kappa shape index (κ2) is 9.95. The van der Waals surface area contributed by atoms with E-state index in [0.29, 0.717) is 11.7 Å². The van der Waals surface area contributed by atoms with Gasteiger partial charge in [-0.1, -0.05) is 48.2 Å². The van der Waals surface area contributed by atoms with Gasteiger partial charge in [0.05, 0.1) is 29.0 Å². The molecule has 1 amide bonds. The molecule has 0 spiro atoms. The van der Waals surface area contributed by atoms with Gasteiger partial charge in [-0.15, -0.1) is 32.9 Å². The summed E-state index contributed by atoms with van der Waals surface area (Å²) >= 11 is 4.43. The van der Waals surface area contributed by atoms with Gasteiger partial charge in [-0.2, -0.15) is 0 Å². The van der Waals surface area contributed by atoms with Gasteiger partial charge >= 0.3 is 0 Å². The number of ether oxygens (including phenoxy) is 1. The fraction of sp³-hybridized carbons (Fsp3) is 0.273. The van der Waals surface area contributed by atoms with Crippen LogP contribution >= 0.6 is 34.4 Å². The van der Waals surface area contributed by atoms with Gasteiger partial charge in [0.15, 0.2) is 16.1 Å². The highest BCUT2D eigenvalue weighted by Crippen LogP contribution is 2.29. The van der Waals surface area contributed by atoms with Crippen LogP contribution < -0.4 is 5.32 Å². The molecule has 164 valence electrons. The van der Waals surface area contributed by atoms with Gasteiger partial charge < -0.3 is 10.1 Å². The molecule has 32 heavy (non-hydrogen) atoms. The van der Waals surface area contributed by atoms with Crippen LogP contribution in [-0.2, 0) is 16.1 Å². The van der Waals surface area contributed by atoms with Crippen molar-refractivity contribution in [1.82, 2.24) is 19.7 Å². The van der Waals surface area contributed by atoms with Crippen LogP contribution in [0.25, 0.3) is 22.0 Å². The molecule has 3 aromatic heterocycles. The summed E-state index contributed by atoms with van der Waals surface area (Å²) in [6.07, 6.45) is 2.26. The molecule has 1 aliphatic rings. The molecule has 1 aromatic carbocycles. The van der Waals surface area contributed by atoms with Crippen molar-refractivity contribution in [3.05, 3.63) is 53.2 Å². The minimum atomic E-state index is -0.117. The van der Waals surface area contributed by atoms with E-state index in [0.717, 1.165) is 46.6 Å². The van der Waals surface area contributed by atoms with Crippen molar-refractivity contribution in [3.8, 4) is 22.0 Å². The average Bonchev–Trinajstić information content (AvgIpc) is 3.61. The number of benzene rings is 1. The van der Waals surface area contributed by atoms with Gasteiger partial charge in [0.1, 0.15) is 0 Å². The van der Waals surface area contributed by atoms with Crippen molar-refractivity contribution >= 4 is 45.5 Å². The lowest BCUT2D eigenvalue weighted by atomic mass is 10.2. The van der Waals surface area contributed by atoms with Gasteiger partial charge in [0, 0.05) is 17.6 Å². The van der Waals surface area contributed by atoms with Gasteiger partial charge in [-0.3, -0.25) is 9.36 Å². The molecule has 1 saturated heterocycles. The largest absolute Gasteiger partial charge is 0.376 e. The summed E-state index contributed by atoms with van der Waals surface area (Å²) in [6.45, 7) is 1.49. The number of rotatable bonds is 8. The third-order valence-corrected chi connectivity index (χ3v) is 7.61. The molecule has 1 fully saturated rings. The fourth-order valence-electron chi connectivity index (χ4n) is 3.50. The zero-order valence-electron chi connectivity index (χ0n) is 17.1. The first-order chi connectivity index (χ1) is 15.8. The lowest BCUT2D eigenvalue weighted by molar-refractivity contribution is -0.113. The number of thioether (sulfide) groups is 1. The zero-order valence-corrected chi connectivity index (χ0v) is 19.6. The molecule has 5 rings (SSSR count). The number of hydrogen-bond donors (Lipinski definition) is 1. The Morgan fingerprint density at radius 2 is 2.09 bits per heavy atom. The SMILES string of the molecule is O=C(CSc1nnc(-c2cccs2)n1CC1CCCO1)Nc1nc(-c2ccccc2)cs1. The summed E-state index contributed by atoms with van der Waals surface area (Å²) in [5, 5.41) is 17.0. The lowest BCUT2D eigenvalue weighted by Gasteiger charge is -2.14. The Labute approximate surface area is 197 Å². The van der Waals surface area contributed by atoms with Crippen LogP contribution in [0, 0.1) is 0 Å². The first-order valence-corrected chi connectivity index (χ1v) is 13.0. The molecule has 1 unspecified atom stereocenters. The second-order valence-corrected chi connectivity index (χ2v) is 10.0. The highest BCUT2D eigenvalue weighted by atomic mass is 32.2. The number of nitrogens with one attached hydrogen (secondary N) is 1. The molecule has 1 N–H and O–H groups in total. The Morgan fingerprint density at radius 3 is 2.88 bits per heavy atom. The van der Waals surface area contributed by atoms with Crippen molar-refractivity contribution in [2.24, 2.45) is 0 Å². The highest BCUT2D eigenvalue weighted by molar-refractivity contribution is 7.99. The summed E-state index contributed by atoms with van der Waals surface area (Å²) < 4.78 is 7.91. The van der Waals surface area contributed by atoms with E-state index < -0.39 is 0 Å².